The summed E-state index contributed by atoms with van der Waals surface area (Å²) in [7, 11) is 0. The summed E-state index contributed by atoms with van der Waals surface area (Å²) in [5, 5.41) is 14.3. The number of nitro benzene ring substituents is 1. The predicted molar refractivity (Wildman–Crippen MR) is 114 cm³/mol. The fourth-order valence-electron chi connectivity index (χ4n) is 3.55. The molecule has 0 spiro atoms. The summed E-state index contributed by atoms with van der Waals surface area (Å²) in [6, 6.07) is 11.7. The highest BCUT2D eigenvalue weighted by Gasteiger charge is 2.23. The molecule has 2 aromatic carbocycles. The zero-order valence-corrected chi connectivity index (χ0v) is 16.9. The maximum atomic E-state index is 12.3. The predicted octanol–water partition coefficient (Wildman–Crippen LogP) is 3.94. The van der Waals surface area contributed by atoms with E-state index in [9.17, 15) is 19.7 Å². The quantitative estimate of drug-likeness (QED) is 0.421. The van der Waals surface area contributed by atoms with Gasteiger partial charge in [0.25, 0.3) is 11.6 Å². The largest absolute Gasteiger partial charge is 0.452 e. The number of nitrogens with one attached hydrogen (secondary N) is 1. The lowest BCUT2D eigenvalue weighted by molar-refractivity contribution is -0.384. The second-order valence-electron chi connectivity index (χ2n) is 7.14. The molecule has 1 N–H and O–H groups in total. The molecule has 0 unspecified atom stereocenters. The summed E-state index contributed by atoms with van der Waals surface area (Å²) in [5.74, 6) is -1.24. The van der Waals surface area contributed by atoms with Crippen LogP contribution in [0.5, 0.6) is 0 Å². The Hall–Kier alpha value is -3.42. The van der Waals surface area contributed by atoms with Gasteiger partial charge in [0.2, 0.25) is 0 Å². The molecule has 30 heavy (non-hydrogen) atoms. The van der Waals surface area contributed by atoms with Crippen molar-refractivity contribution >= 4 is 28.9 Å². The molecule has 0 radical (unpaired) electrons. The van der Waals surface area contributed by atoms with Crippen LogP contribution in [0.4, 0.5) is 17.1 Å². The van der Waals surface area contributed by atoms with E-state index in [-0.39, 0.29) is 11.3 Å². The highest BCUT2D eigenvalue weighted by Crippen LogP contribution is 2.31. The van der Waals surface area contributed by atoms with E-state index in [4.69, 9.17) is 4.74 Å². The molecule has 2 aromatic rings. The summed E-state index contributed by atoms with van der Waals surface area (Å²) in [5.41, 5.74) is 2.06. The number of esters is 1. The fourth-order valence-corrected chi connectivity index (χ4v) is 3.55. The van der Waals surface area contributed by atoms with E-state index >= 15 is 0 Å². The zero-order valence-electron chi connectivity index (χ0n) is 16.9. The van der Waals surface area contributed by atoms with Gasteiger partial charge < -0.3 is 15.0 Å². The average molecular weight is 411 g/mol. The minimum atomic E-state index is -0.776. The smallest absolute Gasteiger partial charge is 0.338 e. The summed E-state index contributed by atoms with van der Waals surface area (Å²) in [6.07, 6.45) is 3.83. The maximum absolute atomic E-state index is 12.3. The van der Waals surface area contributed by atoms with Gasteiger partial charge >= 0.3 is 5.97 Å². The Labute approximate surface area is 175 Å². The van der Waals surface area contributed by atoms with Crippen molar-refractivity contribution in [2.75, 3.05) is 29.9 Å². The topological polar surface area (TPSA) is 102 Å². The molecule has 8 nitrogen and oxygen atoms in total. The van der Waals surface area contributed by atoms with Crippen LogP contribution in [0.3, 0.4) is 0 Å². The van der Waals surface area contributed by atoms with Gasteiger partial charge in [0.05, 0.1) is 10.5 Å². The van der Waals surface area contributed by atoms with E-state index in [0.29, 0.717) is 11.4 Å². The van der Waals surface area contributed by atoms with Gasteiger partial charge in [0, 0.05) is 24.8 Å². The Morgan fingerprint density at radius 3 is 2.57 bits per heavy atom. The molecule has 1 aliphatic heterocycles. The Morgan fingerprint density at radius 1 is 1.13 bits per heavy atom. The number of carbonyl (C=O) groups is 2. The van der Waals surface area contributed by atoms with Gasteiger partial charge in [0.15, 0.2) is 6.61 Å². The highest BCUT2D eigenvalue weighted by atomic mass is 16.6. The number of benzene rings is 2. The molecular weight excluding hydrogens is 386 g/mol. The van der Waals surface area contributed by atoms with Gasteiger partial charge in [-0.3, -0.25) is 14.9 Å². The van der Waals surface area contributed by atoms with Crippen molar-refractivity contribution < 1.29 is 19.2 Å². The molecule has 1 saturated heterocycles. The van der Waals surface area contributed by atoms with E-state index < -0.39 is 23.4 Å². The standard InChI is InChI=1S/C22H25N3O5/c1-2-16-8-4-5-9-18(16)23-21(26)15-30-22(27)17-10-11-19(20(14-17)25(28)29)24-12-6-3-7-13-24/h4-5,8-11,14H,2-3,6-7,12-13,15H2,1H3,(H,23,26). The van der Waals surface area contributed by atoms with E-state index in [0.717, 1.165) is 44.3 Å². The van der Waals surface area contributed by atoms with Crippen molar-refractivity contribution in [1.82, 2.24) is 0 Å². The number of hydrogen-bond acceptors (Lipinski definition) is 6. The third-order valence-corrected chi connectivity index (χ3v) is 5.11. The van der Waals surface area contributed by atoms with Gasteiger partial charge in [0.1, 0.15) is 5.69 Å². The van der Waals surface area contributed by atoms with Crippen molar-refractivity contribution in [3.63, 3.8) is 0 Å². The number of ether oxygens (including phenoxy) is 1. The first-order valence-corrected chi connectivity index (χ1v) is 10.1. The normalized spacial score (nSPS) is 13.6. The van der Waals surface area contributed by atoms with Gasteiger partial charge in [-0.15, -0.1) is 0 Å². The van der Waals surface area contributed by atoms with Gasteiger partial charge in [-0.25, -0.2) is 4.79 Å². The second-order valence-corrected chi connectivity index (χ2v) is 7.14. The average Bonchev–Trinajstić information content (AvgIpc) is 2.78. The lowest BCUT2D eigenvalue weighted by Crippen LogP contribution is -2.30. The van der Waals surface area contributed by atoms with Gasteiger partial charge in [-0.1, -0.05) is 25.1 Å². The molecule has 3 rings (SSSR count). The molecule has 1 amide bonds. The van der Waals surface area contributed by atoms with Crippen LogP contribution in [0, 0.1) is 10.1 Å². The van der Waals surface area contributed by atoms with Crippen LogP contribution >= 0.6 is 0 Å². The number of amides is 1. The number of nitro groups is 1. The number of para-hydroxylation sites is 1. The Morgan fingerprint density at radius 2 is 1.87 bits per heavy atom. The van der Waals surface area contributed by atoms with Crippen molar-refractivity contribution in [3.8, 4) is 0 Å². The molecule has 0 aliphatic carbocycles. The first-order valence-electron chi connectivity index (χ1n) is 10.1. The van der Waals surface area contributed by atoms with Gasteiger partial charge in [-0.05, 0) is 49.4 Å². The number of rotatable bonds is 7. The lowest BCUT2D eigenvalue weighted by atomic mass is 10.1. The van der Waals surface area contributed by atoms with Crippen molar-refractivity contribution in [3.05, 3.63) is 63.7 Å². The van der Waals surface area contributed by atoms with E-state index in [1.165, 1.54) is 12.1 Å². The van der Waals surface area contributed by atoms with Crippen LogP contribution in [-0.4, -0.2) is 36.5 Å². The van der Waals surface area contributed by atoms with E-state index in [2.05, 4.69) is 5.32 Å². The van der Waals surface area contributed by atoms with E-state index in [1.807, 2.05) is 30.0 Å². The van der Waals surface area contributed by atoms with Crippen LogP contribution in [-0.2, 0) is 16.0 Å². The van der Waals surface area contributed by atoms with Crippen molar-refractivity contribution in [2.45, 2.75) is 32.6 Å². The summed E-state index contributed by atoms with van der Waals surface area (Å²) in [6.45, 7) is 3.01. The molecule has 0 saturated carbocycles. The number of piperidine rings is 1. The molecular formula is C22H25N3O5. The molecule has 0 bridgehead atoms. The molecule has 1 aliphatic rings. The molecule has 0 aromatic heterocycles. The Bertz CT molecular complexity index is 938. The minimum Gasteiger partial charge on any atom is -0.452 e. The van der Waals surface area contributed by atoms with Crippen LogP contribution < -0.4 is 10.2 Å². The third kappa shape index (κ3) is 5.14. The lowest BCUT2D eigenvalue weighted by Gasteiger charge is -2.28. The third-order valence-electron chi connectivity index (χ3n) is 5.11. The number of aryl methyl sites for hydroxylation is 1. The SMILES string of the molecule is CCc1ccccc1NC(=O)COC(=O)c1ccc(N2CCCCC2)c([N+](=O)[O-])c1. The number of hydrogen-bond donors (Lipinski definition) is 1. The van der Waals surface area contributed by atoms with Crippen LogP contribution in [0.25, 0.3) is 0 Å². The number of carbonyl (C=O) groups excluding carboxylic acids is 2. The van der Waals surface area contributed by atoms with Crippen molar-refractivity contribution in [2.24, 2.45) is 0 Å². The van der Waals surface area contributed by atoms with Crippen LogP contribution in [0.1, 0.15) is 42.1 Å². The monoisotopic (exact) mass is 411 g/mol. The summed E-state index contributed by atoms with van der Waals surface area (Å²) >= 11 is 0. The van der Waals surface area contributed by atoms with E-state index in [1.54, 1.807) is 12.1 Å². The number of anilines is 2. The summed E-state index contributed by atoms with van der Waals surface area (Å²) < 4.78 is 5.07. The maximum Gasteiger partial charge on any atom is 0.338 e. The van der Waals surface area contributed by atoms with Crippen LogP contribution in [0.15, 0.2) is 42.5 Å². The molecule has 1 heterocycles. The molecule has 8 heteroatoms. The number of nitrogens with zero attached hydrogens (tertiary/aromatic N) is 2. The first kappa shape index (κ1) is 21.3. The van der Waals surface area contributed by atoms with Crippen molar-refractivity contribution in [1.29, 1.82) is 0 Å². The highest BCUT2D eigenvalue weighted by molar-refractivity contribution is 5.96. The van der Waals surface area contributed by atoms with Crippen LogP contribution in [0.2, 0.25) is 0 Å². The molecule has 158 valence electrons. The zero-order chi connectivity index (χ0) is 21.5. The minimum absolute atomic E-state index is 0.0456. The van der Waals surface area contributed by atoms with Gasteiger partial charge in [-0.2, -0.15) is 0 Å². The Kier molecular flexibility index (Phi) is 7.00. The first-order chi connectivity index (χ1) is 14.5. The Balaban J connectivity index is 1.65. The fraction of sp³-hybridized carbons (Fsp3) is 0.364. The molecule has 1 fully saturated rings. The summed E-state index contributed by atoms with van der Waals surface area (Å²) in [4.78, 5) is 37.5. The second kappa shape index (κ2) is 9.87. The molecule has 0 atom stereocenters.